The average molecular weight is 529 g/mol. The third-order valence-corrected chi connectivity index (χ3v) is 6.70. The molecule has 7 heteroatoms. The summed E-state index contributed by atoms with van der Waals surface area (Å²) in [5, 5.41) is 4.97. The Balaban J connectivity index is 1.76. The normalized spacial score (nSPS) is 10.8. The van der Waals surface area contributed by atoms with E-state index in [1.807, 2.05) is 78.7 Å². The highest BCUT2D eigenvalue weighted by Crippen LogP contribution is 2.20. The van der Waals surface area contributed by atoms with Gasteiger partial charge in [-0.3, -0.25) is 4.79 Å². The van der Waals surface area contributed by atoms with Crippen LogP contribution in [0.4, 0.5) is 10.5 Å². The van der Waals surface area contributed by atoms with E-state index < -0.39 is 0 Å². The summed E-state index contributed by atoms with van der Waals surface area (Å²) in [5.74, 6) is 0.161. The first-order valence-corrected chi connectivity index (χ1v) is 12.6. The van der Waals surface area contributed by atoms with E-state index in [-0.39, 0.29) is 24.4 Å². The second-order valence-electron chi connectivity index (χ2n) is 8.47. The van der Waals surface area contributed by atoms with Crippen molar-refractivity contribution in [2.45, 2.75) is 33.9 Å². The van der Waals surface area contributed by atoms with Gasteiger partial charge in [0.2, 0.25) is 5.91 Å². The van der Waals surface area contributed by atoms with E-state index in [1.165, 1.54) is 5.56 Å². The van der Waals surface area contributed by atoms with Gasteiger partial charge in [-0.15, -0.1) is 11.3 Å². The molecule has 33 heavy (non-hydrogen) atoms. The molecule has 3 amide bonds. The van der Waals surface area contributed by atoms with Crippen molar-refractivity contribution in [1.82, 2.24) is 9.80 Å². The molecule has 0 bridgehead atoms. The highest BCUT2D eigenvalue weighted by Gasteiger charge is 2.23. The third kappa shape index (κ3) is 7.72. The minimum Gasteiger partial charge on any atom is -0.332 e. The van der Waals surface area contributed by atoms with Crippen LogP contribution < -0.4 is 5.32 Å². The van der Waals surface area contributed by atoms with Crippen LogP contribution in [0.3, 0.4) is 0 Å². The number of benzene rings is 2. The maximum Gasteiger partial charge on any atom is 0.322 e. The zero-order valence-electron chi connectivity index (χ0n) is 19.3. The Morgan fingerprint density at radius 2 is 1.67 bits per heavy atom. The summed E-state index contributed by atoms with van der Waals surface area (Å²) < 4.78 is 0.940. The smallest absolute Gasteiger partial charge is 0.322 e. The number of nitrogens with one attached hydrogen (secondary N) is 1. The average Bonchev–Trinajstić information content (AvgIpc) is 3.19. The Bertz CT molecular complexity index is 1050. The first kappa shape index (κ1) is 25.0. The van der Waals surface area contributed by atoms with Crippen molar-refractivity contribution in [3.05, 3.63) is 86.5 Å². The predicted octanol–water partition coefficient (Wildman–Crippen LogP) is 6.54. The van der Waals surface area contributed by atoms with Gasteiger partial charge >= 0.3 is 6.03 Å². The number of carbonyl (C=O) groups excluding carboxylic acids is 2. The lowest BCUT2D eigenvalue weighted by Gasteiger charge is -2.29. The number of nitrogens with zero attached hydrogens (tertiary/aromatic N) is 2. The van der Waals surface area contributed by atoms with E-state index in [2.05, 4.69) is 34.2 Å². The molecule has 0 saturated carbocycles. The van der Waals surface area contributed by atoms with Crippen LogP contribution in [0.15, 0.2) is 70.5 Å². The molecule has 0 unspecified atom stereocenters. The molecule has 1 heterocycles. The van der Waals surface area contributed by atoms with Crippen molar-refractivity contribution < 1.29 is 9.59 Å². The van der Waals surface area contributed by atoms with Crippen LogP contribution in [0.1, 0.15) is 29.9 Å². The number of hydrogen-bond donors (Lipinski definition) is 1. The zero-order chi connectivity index (χ0) is 23.8. The number of thiophene rings is 1. The van der Waals surface area contributed by atoms with E-state index in [0.717, 1.165) is 14.9 Å². The van der Waals surface area contributed by atoms with Gasteiger partial charge in [-0.1, -0.05) is 60.1 Å². The Morgan fingerprint density at radius 1 is 0.970 bits per heavy atom. The van der Waals surface area contributed by atoms with E-state index in [9.17, 15) is 9.59 Å². The van der Waals surface area contributed by atoms with Gasteiger partial charge in [0, 0.05) is 28.1 Å². The Morgan fingerprint density at radius 3 is 2.27 bits per heavy atom. The Kier molecular flexibility index (Phi) is 9.09. The van der Waals surface area contributed by atoms with Crippen LogP contribution in [0, 0.1) is 12.8 Å². The van der Waals surface area contributed by atoms with Gasteiger partial charge in [-0.2, -0.15) is 0 Å². The second-order valence-corrected chi connectivity index (χ2v) is 10.4. The molecule has 0 atom stereocenters. The molecule has 3 rings (SSSR count). The molecule has 5 nitrogen and oxygen atoms in total. The van der Waals surface area contributed by atoms with E-state index in [4.69, 9.17) is 0 Å². The minimum atomic E-state index is -0.272. The lowest BCUT2D eigenvalue weighted by Crippen LogP contribution is -2.45. The summed E-state index contributed by atoms with van der Waals surface area (Å²) >= 11 is 5.06. The largest absolute Gasteiger partial charge is 0.332 e. The zero-order valence-corrected chi connectivity index (χ0v) is 21.7. The Hall–Kier alpha value is -2.64. The van der Waals surface area contributed by atoms with Gasteiger partial charge in [0.15, 0.2) is 0 Å². The molecule has 0 aliphatic carbocycles. The SMILES string of the molecule is Cc1ccsc1CN(Cc1ccccc1)C(=O)CN(CC(C)C)C(=O)Nc1ccc(Br)cc1. The Labute approximate surface area is 208 Å². The molecule has 174 valence electrons. The van der Waals surface area contributed by atoms with Gasteiger partial charge in [0.1, 0.15) is 6.54 Å². The molecule has 0 spiro atoms. The van der Waals surface area contributed by atoms with Crippen LogP contribution in [0.2, 0.25) is 0 Å². The number of aryl methyl sites for hydroxylation is 1. The number of carbonyl (C=O) groups is 2. The first-order valence-electron chi connectivity index (χ1n) is 11.0. The summed E-state index contributed by atoms with van der Waals surface area (Å²) in [6.07, 6.45) is 0. The number of hydrogen-bond acceptors (Lipinski definition) is 3. The summed E-state index contributed by atoms with van der Waals surface area (Å²) in [4.78, 5) is 31.1. The topological polar surface area (TPSA) is 52.7 Å². The van der Waals surface area contributed by atoms with Crippen LogP contribution >= 0.6 is 27.3 Å². The summed E-state index contributed by atoms with van der Waals surface area (Å²) in [5.41, 5.74) is 2.94. The molecule has 0 fully saturated rings. The molecule has 1 N–H and O–H groups in total. The number of anilines is 1. The fourth-order valence-corrected chi connectivity index (χ4v) is 4.62. The minimum absolute atomic E-state index is 0.0256. The first-order chi connectivity index (χ1) is 15.8. The number of halogens is 1. The lowest BCUT2D eigenvalue weighted by molar-refractivity contribution is -0.133. The third-order valence-electron chi connectivity index (χ3n) is 5.17. The highest BCUT2D eigenvalue weighted by atomic mass is 79.9. The van der Waals surface area contributed by atoms with Crippen molar-refractivity contribution in [2.24, 2.45) is 5.92 Å². The predicted molar refractivity (Wildman–Crippen MR) is 139 cm³/mol. The summed E-state index contributed by atoms with van der Waals surface area (Å²) in [6, 6.07) is 19.2. The summed E-state index contributed by atoms with van der Waals surface area (Å²) in [6.45, 7) is 7.70. The van der Waals surface area contributed by atoms with Crippen LogP contribution in [-0.4, -0.2) is 34.8 Å². The van der Waals surface area contributed by atoms with Crippen molar-refractivity contribution in [3.63, 3.8) is 0 Å². The van der Waals surface area contributed by atoms with Crippen molar-refractivity contribution >= 4 is 44.9 Å². The fourth-order valence-electron chi connectivity index (χ4n) is 3.43. The molecule has 0 radical (unpaired) electrons. The highest BCUT2D eigenvalue weighted by molar-refractivity contribution is 9.10. The molecular formula is C26H30BrN3O2S. The number of amides is 3. The van der Waals surface area contributed by atoms with Crippen LogP contribution in [0.5, 0.6) is 0 Å². The maximum absolute atomic E-state index is 13.5. The molecule has 0 saturated heterocycles. The van der Waals surface area contributed by atoms with Crippen molar-refractivity contribution in [3.8, 4) is 0 Å². The van der Waals surface area contributed by atoms with Gasteiger partial charge < -0.3 is 15.1 Å². The molecule has 2 aromatic carbocycles. The number of rotatable bonds is 9. The van der Waals surface area contributed by atoms with Crippen molar-refractivity contribution in [2.75, 3.05) is 18.4 Å². The monoisotopic (exact) mass is 527 g/mol. The molecule has 0 aliphatic rings. The molecule has 3 aromatic rings. The van der Waals surface area contributed by atoms with Gasteiger partial charge in [-0.25, -0.2) is 4.79 Å². The van der Waals surface area contributed by atoms with Crippen LogP contribution in [0.25, 0.3) is 0 Å². The molecular weight excluding hydrogens is 498 g/mol. The van der Waals surface area contributed by atoms with Gasteiger partial charge in [-0.05, 0) is 59.7 Å². The number of urea groups is 1. The lowest BCUT2D eigenvalue weighted by atomic mass is 10.2. The van der Waals surface area contributed by atoms with Gasteiger partial charge in [0.05, 0.1) is 6.54 Å². The summed E-state index contributed by atoms with van der Waals surface area (Å²) in [7, 11) is 0. The molecule has 0 aliphatic heterocycles. The second kappa shape index (κ2) is 12.0. The van der Waals surface area contributed by atoms with Crippen molar-refractivity contribution in [1.29, 1.82) is 0 Å². The van der Waals surface area contributed by atoms with E-state index in [0.29, 0.717) is 25.3 Å². The standard InChI is InChI=1S/C26H30BrN3O2S/c1-19(2)15-30(26(32)28-23-11-9-22(27)10-12-23)18-25(31)29(16-21-7-5-4-6-8-21)17-24-20(3)13-14-33-24/h4-14,19H,15-18H2,1-3H3,(H,28,32). The van der Waals surface area contributed by atoms with E-state index >= 15 is 0 Å². The quantitative estimate of drug-likeness (QED) is 0.343. The van der Waals surface area contributed by atoms with E-state index in [1.54, 1.807) is 16.2 Å². The molecule has 1 aromatic heterocycles. The maximum atomic E-state index is 13.5. The fraction of sp³-hybridized carbons (Fsp3) is 0.308. The van der Waals surface area contributed by atoms with Crippen LogP contribution in [-0.2, 0) is 17.9 Å². The van der Waals surface area contributed by atoms with Gasteiger partial charge in [0.25, 0.3) is 0 Å².